The van der Waals surface area contributed by atoms with Crippen molar-refractivity contribution in [3.63, 3.8) is 0 Å². The summed E-state index contributed by atoms with van der Waals surface area (Å²) in [5.41, 5.74) is 1.90. The minimum atomic E-state index is -4.33. The van der Waals surface area contributed by atoms with E-state index in [-0.39, 0.29) is 18.5 Å². The number of benzene rings is 1. The number of carbonyl (C=O) groups excluding carboxylic acids is 1. The van der Waals surface area contributed by atoms with Crippen LogP contribution in [0, 0.1) is 13.8 Å². The first-order valence-electron chi connectivity index (χ1n) is 11.2. The van der Waals surface area contributed by atoms with E-state index in [0.29, 0.717) is 25.3 Å². The van der Waals surface area contributed by atoms with Crippen molar-refractivity contribution < 1.29 is 18.0 Å². The quantitative estimate of drug-likeness (QED) is 0.718. The van der Waals surface area contributed by atoms with Crippen molar-refractivity contribution in [2.75, 3.05) is 44.2 Å². The zero-order chi connectivity index (χ0) is 22.9. The number of rotatable bonds is 4. The van der Waals surface area contributed by atoms with Crippen LogP contribution in [0.4, 0.5) is 18.9 Å². The number of nitrogens with zero attached hydrogens (tertiary/aromatic N) is 5. The van der Waals surface area contributed by atoms with Crippen molar-refractivity contribution >= 4 is 11.6 Å². The molecular weight excluding hydrogens is 419 g/mol. The lowest BCUT2D eigenvalue weighted by atomic mass is 10.0. The van der Waals surface area contributed by atoms with Crippen LogP contribution in [-0.4, -0.2) is 70.8 Å². The fraction of sp³-hybridized carbons (Fsp3) is 0.565. The van der Waals surface area contributed by atoms with E-state index in [9.17, 15) is 18.0 Å². The highest BCUT2D eigenvalue weighted by molar-refractivity contribution is 5.76. The molecule has 0 spiro atoms. The normalized spacial score (nSPS) is 20.6. The van der Waals surface area contributed by atoms with E-state index in [4.69, 9.17) is 0 Å². The summed E-state index contributed by atoms with van der Waals surface area (Å²) in [5.74, 6) is 0.0866. The molecule has 2 aliphatic heterocycles. The molecule has 9 heteroatoms. The number of hydrogen-bond acceptors (Lipinski definition) is 4. The van der Waals surface area contributed by atoms with Gasteiger partial charge in [0, 0.05) is 56.7 Å². The molecule has 0 aliphatic carbocycles. The number of halogens is 3. The summed E-state index contributed by atoms with van der Waals surface area (Å²) in [4.78, 5) is 19.2. The third-order valence-electron chi connectivity index (χ3n) is 6.51. The van der Waals surface area contributed by atoms with Crippen LogP contribution in [0.3, 0.4) is 0 Å². The number of alkyl halides is 3. The van der Waals surface area contributed by atoms with Crippen molar-refractivity contribution in [3.8, 4) is 0 Å². The summed E-state index contributed by atoms with van der Waals surface area (Å²) < 4.78 is 40.9. The van der Waals surface area contributed by atoms with Gasteiger partial charge in [-0.05, 0) is 51.0 Å². The Kier molecular flexibility index (Phi) is 6.46. The molecule has 6 nitrogen and oxygen atoms in total. The number of anilines is 1. The predicted octanol–water partition coefficient (Wildman–Crippen LogP) is 3.33. The van der Waals surface area contributed by atoms with Gasteiger partial charge in [0.25, 0.3) is 0 Å². The molecule has 1 atom stereocenters. The van der Waals surface area contributed by atoms with Crippen LogP contribution in [0.25, 0.3) is 0 Å². The van der Waals surface area contributed by atoms with Crippen molar-refractivity contribution in [2.45, 2.75) is 45.5 Å². The fourth-order valence-corrected chi connectivity index (χ4v) is 4.77. The second-order valence-corrected chi connectivity index (χ2v) is 8.79. The molecular formula is C23H30F3N5O. The Morgan fingerprint density at radius 1 is 1.09 bits per heavy atom. The molecule has 4 rings (SSSR count). The van der Waals surface area contributed by atoms with Crippen LogP contribution in [0.5, 0.6) is 0 Å². The summed E-state index contributed by atoms with van der Waals surface area (Å²) in [6, 6.07) is 7.81. The Morgan fingerprint density at radius 3 is 2.50 bits per heavy atom. The molecule has 0 unspecified atom stereocenters. The summed E-state index contributed by atoms with van der Waals surface area (Å²) >= 11 is 0. The smallest absolute Gasteiger partial charge is 0.369 e. The lowest BCUT2D eigenvalue weighted by Crippen LogP contribution is -2.56. The van der Waals surface area contributed by atoms with Gasteiger partial charge in [0.2, 0.25) is 5.91 Å². The van der Waals surface area contributed by atoms with Gasteiger partial charge >= 0.3 is 6.18 Å². The average Bonchev–Trinajstić information content (AvgIpc) is 3.10. The van der Waals surface area contributed by atoms with Gasteiger partial charge < -0.3 is 9.80 Å². The summed E-state index contributed by atoms with van der Waals surface area (Å²) in [7, 11) is 0. The SMILES string of the molecule is Cc1cc(C)n(CC(=O)N2CCC[C@@H](N3CCN(c4cccc(C(F)(F)F)c4)CC3)C2)n1. The van der Waals surface area contributed by atoms with Crippen molar-refractivity contribution in [1.82, 2.24) is 19.6 Å². The standard InChI is InChI=1S/C23H30F3N5O/c1-17-13-18(2)31(27-17)16-22(32)30-8-4-7-21(15-30)29-11-9-28(10-12-29)20-6-3-5-19(14-20)23(24,25)26/h3,5-6,13-14,21H,4,7-12,15-16H2,1-2H3/t21-/m1/s1. The van der Waals surface area contributed by atoms with Gasteiger partial charge in [0.1, 0.15) is 6.54 Å². The molecule has 32 heavy (non-hydrogen) atoms. The maximum Gasteiger partial charge on any atom is 0.416 e. The van der Waals surface area contributed by atoms with E-state index in [1.54, 1.807) is 10.7 Å². The maximum absolute atomic E-state index is 13.0. The number of hydrogen-bond donors (Lipinski definition) is 0. The summed E-state index contributed by atoms with van der Waals surface area (Å²) in [6.07, 6.45) is -2.34. The first-order valence-corrected chi connectivity index (χ1v) is 11.2. The Labute approximate surface area is 186 Å². The monoisotopic (exact) mass is 449 g/mol. The molecule has 1 amide bonds. The van der Waals surface area contributed by atoms with E-state index >= 15 is 0 Å². The van der Waals surface area contributed by atoms with Crippen LogP contribution in [0.15, 0.2) is 30.3 Å². The molecule has 0 bridgehead atoms. The molecule has 3 heterocycles. The fourth-order valence-electron chi connectivity index (χ4n) is 4.77. The Balaban J connectivity index is 1.33. The van der Waals surface area contributed by atoms with Gasteiger partial charge in [-0.1, -0.05) is 6.07 Å². The van der Waals surface area contributed by atoms with Crippen LogP contribution in [0.2, 0.25) is 0 Å². The van der Waals surface area contributed by atoms with Crippen LogP contribution in [-0.2, 0) is 17.5 Å². The zero-order valence-electron chi connectivity index (χ0n) is 18.6. The second-order valence-electron chi connectivity index (χ2n) is 8.79. The second kappa shape index (κ2) is 9.13. The first kappa shape index (κ1) is 22.6. The number of aromatic nitrogens is 2. The molecule has 1 aromatic heterocycles. The maximum atomic E-state index is 13.0. The lowest BCUT2D eigenvalue weighted by molar-refractivity contribution is -0.137. The number of carbonyl (C=O) groups is 1. The minimum absolute atomic E-state index is 0.0866. The van der Waals surface area contributed by atoms with Gasteiger partial charge in [-0.2, -0.15) is 18.3 Å². The number of aryl methyl sites for hydroxylation is 2. The molecule has 2 aromatic rings. The molecule has 2 aliphatic rings. The third kappa shape index (κ3) is 5.09. The van der Waals surface area contributed by atoms with Crippen LogP contribution in [0.1, 0.15) is 29.8 Å². The molecule has 1 aromatic carbocycles. The van der Waals surface area contributed by atoms with Crippen molar-refractivity contribution in [2.24, 2.45) is 0 Å². The first-order chi connectivity index (χ1) is 15.2. The highest BCUT2D eigenvalue weighted by atomic mass is 19.4. The molecule has 2 saturated heterocycles. The van der Waals surface area contributed by atoms with Gasteiger partial charge in [-0.15, -0.1) is 0 Å². The number of likely N-dealkylation sites (tertiary alicyclic amines) is 1. The molecule has 0 radical (unpaired) electrons. The number of piperazine rings is 1. The molecule has 2 fully saturated rings. The van der Waals surface area contributed by atoms with E-state index in [1.807, 2.05) is 29.7 Å². The van der Waals surface area contributed by atoms with Crippen molar-refractivity contribution in [3.05, 3.63) is 47.3 Å². The largest absolute Gasteiger partial charge is 0.416 e. The summed E-state index contributed by atoms with van der Waals surface area (Å²) in [6.45, 7) is 8.51. The number of piperidine rings is 1. The van der Waals surface area contributed by atoms with Crippen LogP contribution < -0.4 is 4.90 Å². The minimum Gasteiger partial charge on any atom is -0.369 e. The number of amides is 1. The van der Waals surface area contributed by atoms with Gasteiger partial charge in [-0.25, -0.2) is 0 Å². The zero-order valence-corrected chi connectivity index (χ0v) is 18.6. The van der Waals surface area contributed by atoms with E-state index in [0.717, 1.165) is 49.9 Å². The predicted molar refractivity (Wildman–Crippen MR) is 117 cm³/mol. The molecule has 174 valence electrons. The van der Waals surface area contributed by atoms with Gasteiger partial charge in [-0.3, -0.25) is 14.4 Å². The van der Waals surface area contributed by atoms with E-state index < -0.39 is 11.7 Å². The van der Waals surface area contributed by atoms with E-state index in [1.165, 1.54) is 12.1 Å². The van der Waals surface area contributed by atoms with Gasteiger partial charge in [0.05, 0.1) is 11.3 Å². The van der Waals surface area contributed by atoms with Crippen molar-refractivity contribution in [1.29, 1.82) is 0 Å². The van der Waals surface area contributed by atoms with Gasteiger partial charge in [0.15, 0.2) is 0 Å². The van der Waals surface area contributed by atoms with Crippen LogP contribution >= 0.6 is 0 Å². The summed E-state index contributed by atoms with van der Waals surface area (Å²) in [5, 5.41) is 4.40. The highest BCUT2D eigenvalue weighted by Gasteiger charge is 2.32. The molecule has 0 saturated carbocycles. The topological polar surface area (TPSA) is 44.6 Å². The Bertz CT molecular complexity index is 949. The third-order valence-corrected chi connectivity index (χ3v) is 6.51. The Hall–Kier alpha value is -2.55. The van der Waals surface area contributed by atoms with E-state index in [2.05, 4.69) is 10.00 Å². The lowest BCUT2D eigenvalue weighted by Gasteiger charge is -2.44. The Morgan fingerprint density at radius 2 is 1.84 bits per heavy atom. The average molecular weight is 450 g/mol. The molecule has 0 N–H and O–H groups in total. The highest BCUT2D eigenvalue weighted by Crippen LogP contribution is 2.32.